The number of hydrogen-bond donors (Lipinski definition) is 0. The molecule has 4 aromatic rings. The molecule has 0 fully saturated rings. The van der Waals surface area contributed by atoms with Gasteiger partial charge in [-0.15, -0.1) is 0 Å². The Balaban J connectivity index is 1.79. The van der Waals surface area contributed by atoms with E-state index in [1.165, 1.54) is 14.3 Å². The molecular weight excluding hydrogens is 707 g/mol. The Kier molecular flexibility index (Phi) is 13.9. The van der Waals surface area contributed by atoms with Crippen LogP contribution in [0.1, 0.15) is 32.8 Å². The molecular formula is C40H52O5SiSn. The Labute approximate surface area is 287 Å². The van der Waals surface area contributed by atoms with Gasteiger partial charge in [-0.1, -0.05) is 0 Å². The van der Waals surface area contributed by atoms with Gasteiger partial charge < -0.3 is 0 Å². The molecule has 0 N–H and O–H groups in total. The fraction of sp³-hybridized carbons (Fsp3) is 0.350. The van der Waals surface area contributed by atoms with Gasteiger partial charge in [0.2, 0.25) is 0 Å². The zero-order chi connectivity index (χ0) is 33.8. The number of rotatable bonds is 17. The molecule has 0 saturated heterocycles. The second-order valence-corrected chi connectivity index (χ2v) is 29.3. The van der Waals surface area contributed by atoms with E-state index in [0.29, 0.717) is 26.2 Å². The second-order valence-electron chi connectivity index (χ2n) is 13.4. The van der Waals surface area contributed by atoms with E-state index in [-0.39, 0.29) is 17.9 Å². The molecule has 4 rings (SSSR count). The van der Waals surface area contributed by atoms with Crippen LogP contribution in [0.2, 0.25) is 18.1 Å². The molecule has 0 aliphatic carbocycles. The van der Waals surface area contributed by atoms with Crippen molar-refractivity contribution < 1.29 is 23.4 Å². The first kappa shape index (κ1) is 37.1. The predicted molar refractivity (Wildman–Crippen MR) is 199 cm³/mol. The van der Waals surface area contributed by atoms with Crippen LogP contribution in [0.4, 0.5) is 0 Å². The van der Waals surface area contributed by atoms with Gasteiger partial charge in [0.05, 0.1) is 7.11 Å². The number of methoxy groups -OCH3 is 2. The summed E-state index contributed by atoms with van der Waals surface area (Å²) in [5, 5.41) is 0.0853. The summed E-state index contributed by atoms with van der Waals surface area (Å²) >= 11 is -3.91. The quantitative estimate of drug-likeness (QED) is 0.0840. The predicted octanol–water partition coefficient (Wildman–Crippen LogP) is 7.25. The molecule has 47 heavy (non-hydrogen) atoms. The van der Waals surface area contributed by atoms with Crippen molar-refractivity contribution in [3.8, 4) is 5.75 Å². The molecule has 4 aromatic carbocycles. The molecule has 0 aromatic heterocycles. The average Bonchev–Trinajstić information content (AvgIpc) is 3.09. The molecule has 0 amide bonds. The molecule has 250 valence electrons. The zero-order valence-corrected chi connectivity index (χ0v) is 33.1. The summed E-state index contributed by atoms with van der Waals surface area (Å²) in [6, 6.07) is 41.3. The Morgan fingerprint density at radius 2 is 1.26 bits per heavy atom. The fourth-order valence-corrected chi connectivity index (χ4v) is 20.9. The van der Waals surface area contributed by atoms with Crippen molar-refractivity contribution in [3.63, 3.8) is 0 Å². The van der Waals surface area contributed by atoms with Gasteiger partial charge in [-0.05, 0) is 0 Å². The molecule has 1 unspecified atom stereocenters. The molecule has 0 heterocycles. The van der Waals surface area contributed by atoms with Gasteiger partial charge >= 0.3 is 282 Å². The van der Waals surface area contributed by atoms with Crippen LogP contribution in [-0.4, -0.2) is 67.0 Å². The molecule has 7 heteroatoms. The number of ether oxygens (including phenoxy) is 4. The van der Waals surface area contributed by atoms with Crippen LogP contribution in [0.5, 0.6) is 5.75 Å². The van der Waals surface area contributed by atoms with Crippen LogP contribution in [0.25, 0.3) is 0 Å². The SMILES string of the molecule is COCOC(C/C=[C](/CO[Si](C)(C)C(C)(C)C)[Sn]([c]1ccccc1)([c]1ccccc1)[c]1ccccc1)COCc1ccc(OC)cc1. The third-order valence-corrected chi connectivity index (χ3v) is 27.8. The van der Waals surface area contributed by atoms with Crippen molar-refractivity contribution in [2.75, 3.05) is 34.2 Å². The minimum absolute atomic E-state index is 0.0853. The van der Waals surface area contributed by atoms with E-state index in [1.54, 1.807) is 14.2 Å². The average molecular weight is 760 g/mol. The van der Waals surface area contributed by atoms with Gasteiger partial charge in [-0.2, -0.15) is 0 Å². The van der Waals surface area contributed by atoms with Crippen molar-refractivity contribution in [1.82, 2.24) is 0 Å². The van der Waals surface area contributed by atoms with E-state index in [9.17, 15) is 0 Å². The van der Waals surface area contributed by atoms with E-state index in [4.69, 9.17) is 23.4 Å². The van der Waals surface area contributed by atoms with Crippen LogP contribution in [0, 0.1) is 0 Å². The maximum absolute atomic E-state index is 7.11. The molecule has 5 nitrogen and oxygen atoms in total. The van der Waals surface area contributed by atoms with Crippen molar-refractivity contribution in [2.45, 2.75) is 58.0 Å². The van der Waals surface area contributed by atoms with E-state index >= 15 is 0 Å². The van der Waals surface area contributed by atoms with Crippen LogP contribution in [0.3, 0.4) is 0 Å². The number of hydrogen-bond acceptors (Lipinski definition) is 5. The molecule has 1 atom stereocenters. The van der Waals surface area contributed by atoms with Crippen molar-refractivity contribution >= 4 is 37.4 Å². The van der Waals surface area contributed by atoms with Gasteiger partial charge in [-0.25, -0.2) is 0 Å². The summed E-state index contributed by atoms with van der Waals surface area (Å²) in [7, 11) is 1.25. The van der Waals surface area contributed by atoms with Crippen LogP contribution in [0.15, 0.2) is 125 Å². The summed E-state index contributed by atoms with van der Waals surface area (Å²) < 4.78 is 35.8. The Hall–Kier alpha value is -2.72. The summed E-state index contributed by atoms with van der Waals surface area (Å²) in [6.45, 7) is 13.3. The molecule has 0 saturated carbocycles. The van der Waals surface area contributed by atoms with E-state index in [2.05, 4.69) is 131 Å². The normalized spacial score (nSPS) is 13.4. The van der Waals surface area contributed by atoms with Gasteiger partial charge in [0.15, 0.2) is 0 Å². The molecule has 0 aliphatic heterocycles. The molecule has 0 bridgehead atoms. The third-order valence-electron chi connectivity index (χ3n) is 9.28. The van der Waals surface area contributed by atoms with Gasteiger partial charge in [0.25, 0.3) is 0 Å². The first-order chi connectivity index (χ1) is 22.6. The van der Waals surface area contributed by atoms with Crippen LogP contribution in [-0.2, 0) is 25.2 Å². The van der Waals surface area contributed by atoms with Crippen LogP contribution >= 0.6 is 0 Å². The summed E-state index contributed by atoms with van der Waals surface area (Å²) in [5.74, 6) is 0.831. The Bertz CT molecular complexity index is 1410. The van der Waals surface area contributed by atoms with Crippen molar-refractivity contribution in [2.24, 2.45) is 0 Å². The Morgan fingerprint density at radius 3 is 1.70 bits per heavy atom. The van der Waals surface area contributed by atoms with Crippen molar-refractivity contribution in [3.05, 3.63) is 130 Å². The summed E-state index contributed by atoms with van der Waals surface area (Å²) in [6.07, 6.45) is 2.91. The van der Waals surface area contributed by atoms with Crippen molar-refractivity contribution in [1.29, 1.82) is 0 Å². The standard InChI is InChI=1S/C22H37O5Si.3C6H5.Sn/c1-22(2,3)28(6,7)27-15-9-8-10-21(26-18-23-4)17-25-16-19-11-13-20(24-5)14-12-19;3*1-2-4-6-5-3-1;/h8,11-14,21H,10,15-18H2,1-7H3;3*1-5H;. The van der Waals surface area contributed by atoms with E-state index in [1.807, 2.05) is 24.3 Å². The van der Waals surface area contributed by atoms with E-state index in [0.717, 1.165) is 11.3 Å². The Morgan fingerprint density at radius 1 is 0.745 bits per heavy atom. The molecule has 0 spiro atoms. The maximum atomic E-state index is 7.11. The van der Waals surface area contributed by atoms with Gasteiger partial charge in [-0.3, -0.25) is 0 Å². The van der Waals surface area contributed by atoms with E-state index < -0.39 is 26.7 Å². The first-order valence-corrected chi connectivity index (χ1v) is 25.0. The zero-order valence-electron chi connectivity index (χ0n) is 29.2. The molecule has 0 radical (unpaired) electrons. The monoisotopic (exact) mass is 760 g/mol. The summed E-state index contributed by atoms with van der Waals surface area (Å²) in [5.41, 5.74) is 1.09. The van der Waals surface area contributed by atoms with Gasteiger partial charge in [0, 0.05) is 0 Å². The summed E-state index contributed by atoms with van der Waals surface area (Å²) in [4.78, 5) is 0. The fourth-order valence-electron chi connectivity index (χ4n) is 5.57. The second kappa shape index (κ2) is 17.6. The van der Waals surface area contributed by atoms with Crippen LogP contribution < -0.4 is 15.5 Å². The topological polar surface area (TPSA) is 46.2 Å². The number of benzene rings is 4. The minimum atomic E-state index is -3.91. The molecule has 0 aliphatic rings. The van der Waals surface area contributed by atoms with Gasteiger partial charge in [0.1, 0.15) is 0 Å². The third kappa shape index (κ3) is 9.68. The first-order valence-electron chi connectivity index (χ1n) is 16.4.